The lowest BCUT2D eigenvalue weighted by molar-refractivity contribution is -0.129. The third-order valence-electron chi connectivity index (χ3n) is 4.31. The van der Waals surface area contributed by atoms with Crippen molar-refractivity contribution in [3.05, 3.63) is 59.7 Å². The van der Waals surface area contributed by atoms with Gasteiger partial charge < -0.3 is 19.7 Å². The first-order valence-corrected chi connectivity index (χ1v) is 9.87. The maximum absolute atomic E-state index is 12.5. The second-order valence-electron chi connectivity index (χ2n) is 6.57. The van der Waals surface area contributed by atoms with Crippen molar-refractivity contribution in [1.82, 2.24) is 4.90 Å². The number of hydrogen-bond acceptors (Lipinski definition) is 4. The van der Waals surface area contributed by atoms with Crippen LogP contribution < -0.4 is 14.8 Å². The Labute approximate surface area is 180 Å². The fraction of sp³-hybridized carbons (Fsp3) is 0.304. The van der Waals surface area contributed by atoms with Crippen molar-refractivity contribution < 1.29 is 27.8 Å². The molecule has 0 heterocycles. The van der Waals surface area contributed by atoms with E-state index in [1.165, 1.54) is 25.1 Å². The minimum Gasteiger partial charge on any atom is -0.490 e. The molecule has 0 unspecified atom stereocenters. The predicted molar refractivity (Wildman–Crippen MR) is 115 cm³/mol. The van der Waals surface area contributed by atoms with E-state index in [9.17, 15) is 18.4 Å². The summed E-state index contributed by atoms with van der Waals surface area (Å²) in [5.41, 5.74) is 2.09. The minimum atomic E-state index is -2.96. The molecule has 0 aliphatic rings. The number of ether oxygens (including phenoxy) is 2. The summed E-state index contributed by atoms with van der Waals surface area (Å²) in [5, 5.41) is 2.77. The average molecular weight is 432 g/mol. The molecule has 6 nitrogen and oxygen atoms in total. The molecule has 2 amide bonds. The van der Waals surface area contributed by atoms with Crippen LogP contribution in [0.2, 0.25) is 0 Å². The maximum Gasteiger partial charge on any atom is 0.387 e. The molecule has 0 saturated carbocycles. The van der Waals surface area contributed by atoms with Crippen molar-refractivity contribution >= 4 is 23.6 Å². The van der Waals surface area contributed by atoms with E-state index < -0.39 is 6.61 Å². The zero-order valence-corrected chi connectivity index (χ0v) is 17.7. The van der Waals surface area contributed by atoms with Gasteiger partial charge in [-0.05, 0) is 55.3 Å². The van der Waals surface area contributed by atoms with Gasteiger partial charge in [-0.1, -0.05) is 18.2 Å². The molecule has 2 aromatic rings. The number of rotatable bonds is 10. The van der Waals surface area contributed by atoms with Crippen molar-refractivity contribution in [2.75, 3.05) is 18.5 Å². The van der Waals surface area contributed by atoms with E-state index in [2.05, 4.69) is 10.1 Å². The number of anilines is 1. The third kappa shape index (κ3) is 7.73. The van der Waals surface area contributed by atoms with Crippen LogP contribution in [0.15, 0.2) is 48.5 Å². The predicted octanol–water partition coefficient (Wildman–Crippen LogP) is 4.71. The van der Waals surface area contributed by atoms with Crippen LogP contribution in [0.5, 0.6) is 11.5 Å². The molecule has 8 heteroatoms. The van der Waals surface area contributed by atoms with E-state index in [1.54, 1.807) is 42.2 Å². The smallest absolute Gasteiger partial charge is 0.387 e. The van der Waals surface area contributed by atoms with Gasteiger partial charge in [0, 0.05) is 31.8 Å². The second kappa shape index (κ2) is 11.7. The molecule has 0 bridgehead atoms. The summed E-state index contributed by atoms with van der Waals surface area (Å²) in [6.07, 6.45) is 2.88. The van der Waals surface area contributed by atoms with Crippen LogP contribution in [0.1, 0.15) is 31.9 Å². The quantitative estimate of drug-likeness (QED) is 0.553. The summed E-state index contributed by atoms with van der Waals surface area (Å²) in [6, 6.07) is 11.7. The van der Waals surface area contributed by atoms with Crippen LogP contribution in [-0.2, 0) is 16.1 Å². The zero-order valence-electron chi connectivity index (χ0n) is 17.7. The summed E-state index contributed by atoms with van der Waals surface area (Å²) < 4.78 is 34.8. The first kappa shape index (κ1) is 23.9. The lowest BCUT2D eigenvalue weighted by Gasteiger charge is -2.19. The van der Waals surface area contributed by atoms with Crippen LogP contribution in [0.4, 0.5) is 14.5 Å². The highest BCUT2D eigenvalue weighted by Gasteiger charge is 2.11. The third-order valence-corrected chi connectivity index (χ3v) is 4.31. The standard InChI is InChI=1S/C23H26F2N2O4/c1-4-27(16(3)28)15-18-7-6-8-19(13-18)26-22(29)12-10-17-9-11-20(31-23(24)25)21(14-17)30-5-2/h6-14,23H,4-5,15H2,1-3H3,(H,26,29)/b12-10+. The fourth-order valence-corrected chi connectivity index (χ4v) is 2.86. The van der Waals surface area contributed by atoms with Gasteiger partial charge in [0.15, 0.2) is 11.5 Å². The molecule has 0 aliphatic carbocycles. The number of alkyl halides is 2. The van der Waals surface area contributed by atoms with E-state index in [4.69, 9.17) is 4.74 Å². The molecular formula is C23H26F2N2O4. The summed E-state index contributed by atoms with van der Waals surface area (Å²) in [4.78, 5) is 25.6. The number of hydrogen-bond donors (Lipinski definition) is 1. The van der Waals surface area contributed by atoms with Crippen LogP contribution in [0, 0.1) is 0 Å². The Morgan fingerprint density at radius 2 is 1.90 bits per heavy atom. The van der Waals surface area contributed by atoms with E-state index in [-0.39, 0.29) is 29.9 Å². The van der Waals surface area contributed by atoms with Gasteiger partial charge in [-0.15, -0.1) is 0 Å². The first-order chi connectivity index (χ1) is 14.8. The molecule has 0 fully saturated rings. The van der Waals surface area contributed by atoms with E-state index in [0.29, 0.717) is 24.3 Å². The van der Waals surface area contributed by atoms with Crippen LogP contribution in [0.3, 0.4) is 0 Å². The Morgan fingerprint density at radius 3 is 2.55 bits per heavy atom. The number of carbonyl (C=O) groups excluding carboxylic acids is 2. The molecule has 0 atom stereocenters. The lowest BCUT2D eigenvalue weighted by atomic mass is 10.1. The normalized spacial score (nSPS) is 10.9. The van der Waals surface area contributed by atoms with Crippen molar-refractivity contribution in [1.29, 1.82) is 0 Å². The molecule has 0 aromatic heterocycles. The molecule has 0 radical (unpaired) electrons. The lowest BCUT2D eigenvalue weighted by Crippen LogP contribution is -2.27. The molecule has 1 N–H and O–H groups in total. The molecule has 31 heavy (non-hydrogen) atoms. The zero-order chi connectivity index (χ0) is 22.8. The van der Waals surface area contributed by atoms with Crippen molar-refractivity contribution in [2.45, 2.75) is 33.9 Å². The number of nitrogens with zero attached hydrogens (tertiary/aromatic N) is 1. The van der Waals surface area contributed by atoms with E-state index in [1.807, 2.05) is 13.0 Å². The summed E-state index contributed by atoms with van der Waals surface area (Å²) in [6.45, 7) is 3.53. The van der Waals surface area contributed by atoms with Gasteiger partial charge in [0.1, 0.15) is 0 Å². The molecule has 166 valence electrons. The Morgan fingerprint density at radius 1 is 1.13 bits per heavy atom. The Hall–Kier alpha value is -3.42. The topological polar surface area (TPSA) is 67.9 Å². The highest BCUT2D eigenvalue weighted by atomic mass is 19.3. The minimum absolute atomic E-state index is 0.0173. The second-order valence-corrected chi connectivity index (χ2v) is 6.57. The molecular weight excluding hydrogens is 406 g/mol. The number of benzene rings is 2. The number of halogens is 2. The Kier molecular flexibility index (Phi) is 8.99. The van der Waals surface area contributed by atoms with Crippen molar-refractivity contribution in [3.63, 3.8) is 0 Å². The Balaban J connectivity index is 2.06. The number of nitrogens with one attached hydrogen (secondary N) is 1. The molecule has 0 spiro atoms. The molecule has 2 rings (SSSR count). The SMILES string of the molecule is CCOc1cc(/C=C/C(=O)Nc2cccc(CN(CC)C(C)=O)c2)ccc1OC(F)F. The monoisotopic (exact) mass is 432 g/mol. The summed E-state index contributed by atoms with van der Waals surface area (Å²) >= 11 is 0. The van der Waals surface area contributed by atoms with Gasteiger partial charge in [-0.3, -0.25) is 9.59 Å². The van der Waals surface area contributed by atoms with Crippen LogP contribution >= 0.6 is 0 Å². The van der Waals surface area contributed by atoms with Gasteiger partial charge in [0.2, 0.25) is 11.8 Å². The molecule has 2 aromatic carbocycles. The van der Waals surface area contributed by atoms with Gasteiger partial charge in [-0.25, -0.2) is 0 Å². The highest BCUT2D eigenvalue weighted by Crippen LogP contribution is 2.30. The Bertz CT molecular complexity index is 932. The van der Waals surface area contributed by atoms with E-state index in [0.717, 1.165) is 5.56 Å². The maximum atomic E-state index is 12.5. The van der Waals surface area contributed by atoms with Crippen LogP contribution in [-0.4, -0.2) is 36.5 Å². The number of amides is 2. The van der Waals surface area contributed by atoms with E-state index >= 15 is 0 Å². The largest absolute Gasteiger partial charge is 0.490 e. The van der Waals surface area contributed by atoms with Gasteiger partial charge in [-0.2, -0.15) is 8.78 Å². The highest BCUT2D eigenvalue weighted by molar-refractivity contribution is 6.02. The molecule has 0 saturated heterocycles. The average Bonchev–Trinajstić information content (AvgIpc) is 2.72. The van der Waals surface area contributed by atoms with Gasteiger partial charge in [0.05, 0.1) is 6.61 Å². The van der Waals surface area contributed by atoms with Crippen molar-refractivity contribution in [2.24, 2.45) is 0 Å². The summed E-state index contributed by atoms with van der Waals surface area (Å²) in [5.74, 6) is -0.274. The van der Waals surface area contributed by atoms with Gasteiger partial charge >= 0.3 is 6.61 Å². The van der Waals surface area contributed by atoms with Gasteiger partial charge in [0.25, 0.3) is 0 Å². The summed E-state index contributed by atoms with van der Waals surface area (Å²) in [7, 11) is 0. The first-order valence-electron chi connectivity index (χ1n) is 9.87. The fourth-order valence-electron chi connectivity index (χ4n) is 2.86. The van der Waals surface area contributed by atoms with Crippen LogP contribution in [0.25, 0.3) is 6.08 Å². The number of carbonyl (C=O) groups is 2. The molecule has 0 aliphatic heterocycles. The van der Waals surface area contributed by atoms with Crippen molar-refractivity contribution in [3.8, 4) is 11.5 Å².